The molecule has 0 aromatic carbocycles. The highest BCUT2D eigenvalue weighted by atomic mass is 17.2. The van der Waals surface area contributed by atoms with Crippen LogP contribution in [0.4, 0.5) is 0 Å². The van der Waals surface area contributed by atoms with Crippen LogP contribution in [0, 0.1) is 0 Å². The minimum atomic E-state index is -0.718. The Kier molecular flexibility index (Phi) is 15.4. The maximum Gasteiger partial charge on any atom is 0.306 e. The van der Waals surface area contributed by atoms with Gasteiger partial charge in [-0.15, -0.1) is 0 Å². The van der Waals surface area contributed by atoms with Gasteiger partial charge in [-0.05, 0) is 46.5 Å². The van der Waals surface area contributed by atoms with Crippen molar-refractivity contribution in [2.75, 3.05) is 13.2 Å². The molecule has 0 amide bonds. The Balaban J connectivity index is 3.16. The zero-order valence-electron chi connectivity index (χ0n) is 16.9. The van der Waals surface area contributed by atoms with Crippen LogP contribution in [0.1, 0.15) is 97.8 Å². The number of carboxylic acids is 1. The first kappa shape index (κ1) is 24.9. The second-order valence-electron chi connectivity index (χ2n) is 7.66. The number of carbonyl (C=O) groups excluding carboxylic acids is 1. The lowest BCUT2D eigenvalue weighted by molar-refractivity contribution is -0.295. The van der Waals surface area contributed by atoms with Gasteiger partial charge in [0.1, 0.15) is 5.60 Å². The van der Waals surface area contributed by atoms with Gasteiger partial charge in [0.15, 0.2) is 0 Å². The monoisotopic (exact) mass is 374 g/mol. The molecule has 154 valence electrons. The highest BCUT2D eigenvalue weighted by Crippen LogP contribution is 2.11. The third kappa shape index (κ3) is 20.9. The van der Waals surface area contributed by atoms with Gasteiger partial charge in [-0.2, -0.15) is 0 Å². The van der Waals surface area contributed by atoms with Crippen molar-refractivity contribution >= 4 is 11.9 Å². The van der Waals surface area contributed by atoms with E-state index in [0.29, 0.717) is 19.6 Å². The van der Waals surface area contributed by atoms with Gasteiger partial charge in [0.05, 0.1) is 13.2 Å². The minimum absolute atomic E-state index is 0.115. The topological polar surface area (TPSA) is 82.1 Å². The van der Waals surface area contributed by atoms with E-state index in [1.165, 1.54) is 0 Å². The number of aliphatic carboxylic acids is 1. The van der Waals surface area contributed by atoms with E-state index < -0.39 is 11.6 Å². The molecule has 6 heteroatoms. The molecule has 6 nitrogen and oxygen atoms in total. The average molecular weight is 375 g/mol. The maximum atomic E-state index is 11.5. The van der Waals surface area contributed by atoms with E-state index in [4.69, 9.17) is 19.6 Å². The van der Waals surface area contributed by atoms with Crippen LogP contribution in [0.2, 0.25) is 0 Å². The fourth-order valence-corrected chi connectivity index (χ4v) is 2.44. The van der Waals surface area contributed by atoms with Crippen molar-refractivity contribution < 1.29 is 29.2 Å². The molecule has 0 aliphatic carbocycles. The smallest absolute Gasteiger partial charge is 0.306 e. The van der Waals surface area contributed by atoms with Crippen molar-refractivity contribution in [1.29, 1.82) is 0 Å². The maximum absolute atomic E-state index is 11.5. The van der Waals surface area contributed by atoms with Crippen molar-refractivity contribution in [2.24, 2.45) is 0 Å². The summed E-state index contributed by atoms with van der Waals surface area (Å²) in [6, 6.07) is 0. The van der Waals surface area contributed by atoms with Crippen LogP contribution in [0.25, 0.3) is 0 Å². The number of carboxylic acid groups (broad SMARTS) is 1. The first-order valence-corrected chi connectivity index (χ1v) is 9.99. The van der Waals surface area contributed by atoms with Crippen LogP contribution in [-0.4, -0.2) is 35.9 Å². The van der Waals surface area contributed by atoms with Gasteiger partial charge in [0.25, 0.3) is 0 Å². The predicted molar refractivity (Wildman–Crippen MR) is 101 cm³/mol. The second kappa shape index (κ2) is 16.1. The molecule has 0 saturated heterocycles. The molecule has 0 unspecified atom stereocenters. The Hall–Kier alpha value is -1.14. The van der Waals surface area contributed by atoms with E-state index in [1.807, 2.05) is 20.8 Å². The molecule has 0 atom stereocenters. The third-order valence-corrected chi connectivity index (χ3v) is 3.73. The molecule has 0 rings (SSSR count). The molecule has 0 radical (unpaired) electrons. The Morgan fingerprint density at radius 3 is 1.58 bits per heavy atom. The number of hydrogen-bond donors (Lipinski definition) is 1. The minimum Gasteiger partial charge on any atom is -0.481 e. The fraction of sp³-hybridized carbons (Fsp3) is 0.900. The van der Waals surface area contributed by atoms with Crippen molar-refractivity contribution in [3.63, 3.8) is 0 Å². The Labute approximate surface area is 158 Å². The Bertz CT molecular complexity index is 362. The van der Waals surface area contributed by atoms with E-state index in [0.717, 1.165) is 64.2 Å². The quantitative estimate of drug-likeness (QED) is 0.166. The van der Waals surface area contributed by atoms with E-state index >= 15 is 0 Å². The molecular weight excluding hydrogens is 336 g/mol. The van der Waals surface area contributed by atoms with Gasteiger partial charge in [0.2, 0.25) is 0 Å². The summed E-state index contributed by atoms with van der Waals surface area (Å²) in [5.41, 5.74) is -0.394. The van der Waals surface area contributed by atoms with E-state index in [2.05, 4.69) is 0 Å². The van der Waals surface area contributed by atoms with Gasteiger partial charge < -0.3 is 9.84 Å². The molecule has 0 bridgehead atoms. The summed E-state index contributed by atoms with van der Waals surface area (Å²) in [5.74, 6) is -0.833. The molecule has 0 spiro atoms. The summed E-state index contributed by atoms with van der Waals surface area (Å²) in [4.78, 5) is 32.2. The lowest BCUT2D eigenvalue weighted by Crippen LogP contribution is -2.23. The highest BCUT2D eigenvalue weighted by Gasteiger charge is 2.15. The summed E-state index contributed by atoms with van der Waals surface area (Å²) >= 11 is 0. The fourth-order valence-electron chi connectivity index (χ4n) is 2.44. The number of unbranched alkanes of at least 4 members (excludes halogenated alkanes) is 8. The van der Waals surface area contributed by atoms with Gasteiger partial charge in [-0.25, -0.2) is 9.78 Å². The average Bonchev–Trinajstić information content (AvgIpc) is 2.52. The Morgan fingerprint density at radius 2 is 1.12 bits per heavy atom. The van der Waals surface area contributed by atoms with Crippen molar-refractivity contribution in [3.8, 4) is 0 Å². The van der Waals surface area contributed by atoms with Gasteiger partial charge in [-0.3, -0.25) is 9.59 Å². The van der Waals surface area contributed by atoms with Crippen molar-refractivity contribution in [2.45, 2.75) is 103 Å². The first-order valence-electron chi connectivity index (χ1n) is 9.99. The van der Waals surface area contributed by atoms with Crippen LogP contribution in [0.3, 0.4) is 0 Å². The molecule has 0 aromatic rings. The normalized spacial score (nSPS) is 11.5. The number of carbonyl (C=O) groups is 2. The molecule has 0 aromatic heterocycles. The van der Waals surface area contributed by atoms with Crippen LogP contribution >= 0.6 is 0 Å². The molecule has 1 N–H and O–H groups in total. The number of esters is 1. The SMILES string of the molecule is CC(C)(C)OC(=O)CCCCCCCOOCCCCCCCC(=O)O. The highest BCUT2D eigenvalue weighted by molar-refractivity contribution is 5.69. The number of rotatable bonds is 17. The summed E-state index contributed by atoms with van der Waals surface area (Å²) in [5, 5.41) is 8.52. The van der Waals surface area contributed by atoms with Crippen LogP contribution in [0.5, 0.6) is 0 Å². The Morgan fingerprint density at radius 1 is 0.692 bits per heavy atom. The largest absolute Gasteiger partial charge is 0.481 e. The lowest BCUT2D eigenvalue weighted by atomic mass is 10.1. The number of ether oxygens (including phenoxy) is 1. The van der Waals surface area contributed by atoms with E-state index in [9.17, 15) is 9.59 Å². The summed E-state index contributed by atoms with van der Waals surface area (Å²) in [6.45, 7) is 6.85. The van der Waals surface area contributed by atoms with Gasteiger partial charge in [0, 0.05) is 12.8 Å². The molecule has 26 heavy (non-hydrogen) atoms. The van der Waals surface area contributed by atoms with Crippen LogP contribution in [-0.2, 0) is 24.1 Å². The van der Waals surface area contributed by atoms with E-state index in [1.54, 1.807) is 0 Å². The van der Waals surface area contributed by atoms with Gasteiger partial charge in [-0.1, -0.05) is 38.5 Å². The summed E-state index contributed by atoms with van der Waals surface area (Å²) in [6.07, 6.45) is 10.5. The van der Waals surface area contributed by atoms with Crippen molar-refractivity contribution in [3.05, 3.63) is 0 Å². The lowest BCUT2D eigenvalue weighted by Gasteiger charge is -2.19. The van der Waals surface area contributed by atoms with Gasteiger partial charge >= 0.3 is 11.9 Å². The first-order chi connectivity index (χ1) is 12.3. The van der Waals surface area contributed by atoms with Crippen molar-refractivity contribution in [1.82, 2.24) is 0 Å². The standard InChI is InChI=1S/C20H38O6/c1-20(2,3)26-19(23)15-11-7-5-9-13-17-25-24-16-12-8-4-6-10-14-18(21)22/h4-17H2,1-3H3,(H,21,22). The number of hydrogen-bond acceptors (Lipinski definition) is 5. The summed E-state index contributed by atoms with van der Waals surface area (Å²) in [7, 11) is 0. The zero-order chi connectivity index (χ0) is 19.7. The predicted octanol–water partition coefficient (Wildman–Crippen LogP) is 5.04. The molecule has 0 saturated carbocycles. The second-order valence-corrected chi connectivity index (χ2v) is 7.66. The molecule has 0 heterocycles. The molecule has 0 fully saturated rings. The zero-order valence-corrected chi connectivity index (χ0v) is 16.9. The summed E-state index contributed by atoms with van der Waals surface area (Å²) < 4.78 is 5.27. The van der Waals surface area contributed by atoms with E-state index in [-0.39, 0.29) is 12.4 Å². The molecule has 0 aliphatic heterocycles. The van der Waals surface area contributed by atoms with Crippen LogP contribution < -0.4 is 0 Å². The molecular formula is C20H38O6. The third-order valence-electron chi connectivity index (χ3n) is 3.73. The molecule has 0 aliphatic rings. The van der Waals surface area contributed by atoms with Crippen LogP contribution in [0.15, 0.2) is 0 Å².